The topological polar surface area (TPSA) is 59.4 Å². The average Bonchev–Trinajstić information content (AvgIpc) is 3.11. The van der Waals surface area contributed by atoms with Crippen molar-refractivity contribution >= 4 is 28.3 Å². The van der Waals surface area contributed by atoms with Gasteiger partial charge in [0.15, 0.2) is 0 Å². The summed E-state index contributed by atoms with van der Waals surface area (Å²) in [6.45, 7) is 6.32. The van der Waals surface area contributed by atoms with E-state index in [2.05, 4.69) is 15.2 Å². The molecule has 1 saturated heterocycles. The molecule has 0 atom stereocenters. The first-order chi connectivity index (χ1) is 16.5. The third-order valence-corrected chi connectivity index (χ3v) is 5.90. The molecule has 5 rings (SSSR count). The molecule has 0 spiro atoms. The van der Waals surface area contributed by atoms with E-state index in [9.17, 15) is 9.18 Å². The van der Waals surface area contributed by atoms with Crippen LogP contribution in [0.4, 0.5) is 15.9 Å². The first kappa shape index (κ1) is 21.9. The molecule has 1 N–H and O–H groups in total. The molecule has 4 aromatic rings. The average molecular weight is 459 g/mol. The minimum atomic E-state index is -0.308. The summed E-state index contributed by atoms with van der Waals surface area (Å²) in [5.74, 6) is 1.08. The molecule has 2 aromatic carbocycles. The number of hydrogen-bond donors (Lipinski definition) is 1. The van der Waals surface area contributed by atoms with Gasteiger partial charge in [-0.2, -0.15) is 0 Å². The second-order valence-corrected chi connectivity index (χ2v) is 8.83. The van der Waals surface area contributed by atoms with Crippen molar-refractivity contribution in [2.45, 2.75) is 32.9 Å². The van der Waals surface area contributed by atoms with Crippen LogP contribution < -0.4 is 15.0 Å². The molecule has 0 aliphatic carbocycles. The monoisotopic (exact) mass is 458 g/mol. The summed E-state index contributed by atoms with van der Waals surface area (Å²) < 4.78 is 21.6. The van der Waals surface area contributed by atoms with Gasteiger partial charge in [-0.1, -0.05) is 12.1 Å². The number of hydrogen-bond acceptors (Lipinski definition) is 4. The third-order valence-electron chi connectivity index (χ3n) is 5.90. The number of ether oxygens (including phenoxy) is 1. The molecular weight excluding hydrogens is 431 g/mol. The Bertz CT molecular complexity index is 1330. The second-order valence-electron chi connectivity index (χ2n) is 8.83. The molecule has 1 aliphatic rings. The molecule has 1 amide bonds. The van der Waals surface area contributed by atoms with E-state index >= 15 is 0 Å². The van der Waals surface area contributed by atoms with Crippen molar-refractivity contribution in [3.05, 3.63) is 83.9 Å². The molecule has 0 unspecified atom stereocenters. The zero-order valence-electron chi connectivity index (χ0n) is 19.3. The van der Waals surface area contributed by atoms with Crippen LogP contribution in [0.25, 0.3) is 10.9 Å². The Labute approximate surface area is 198 Å². The lowest BCUT2D eigenvalue weighted by Crippen LogP contribution is -2.37. The van der Waals surface area contributed by atoms with Gasteiger partial charge in [0.25, 0.3) is 5.91 Å². The fraction of sp³-hybridized carbons (Fsp3) is 0.259. The molecular formula is C27H27FN4O2. The summed E-state index contributed by atoms with van der Waals surface area (Å²) in [5, 5.41) is 3.87. The maximum atomic E-state index is 13.9. The summed E-state index contributed by atoms with van der Waals surface area (Å²) in [6.07, 6.45) is 2.89. The van der Waals surface area contributed by atoms with Crippen LogP contribution in [0.3, 0.4) is 0 Å². The standard InChI is InChI=1S/C27H27FN4O2/c1-18(2)34-23-9-7-20-14-25(32(24(20)15-23)17-19-5-3-6-21(28)13-19)27(33)30-22-8-10-26(29-16-22)31-11-4-12-31/h3,5-10,13-16,18H,4,11-12,17H2,1-2H3,(H,30,33). The van der Waals surface area contributed by atoms with Crippen molar-refractivity contribution in [3.8, 4) is 5.75 Å². The van der Waals surface area contributed by atoms with E-state index in [-0.39, 0.29) is 17.8 Å². The van der Waals surface area contributed by atoms with Gasteiger partial charge in [-0.05, 0) is 68.3 Å². The lowest BCUT2D eigenvalue weighted by Gasteiger charge is -2.31. The molecule has 34 heavy (non-hydrogen) atoms. The van der Waals surface area contributed by atoms with Gasteiger partial charge < -0.3 is 19.5 Å². The number of benzene rings is 2. The highest BCUT2D eigenvalue weighted by molar-refractivity contribution is 6.06. The fourth-order valence-electron chi connectivity index (χ4n) is 4.14. The van der Waals surface area contributed by atoms with Crippen LogP contribution in [0.2, 0.25) is 0 Å². The summed E-state index contributed by atoms with van der Waals surface area (Å²) in [5.41, 5.74) is 2.72. The van der Waals surface area contributed by atoms with E-state index in [0.29, 0.717) is 17.9 Å². The zero-order valence-corrected chi connectivity index (χ0v) is 19.3. The number of carbonyl (C=O) groups is 1. The number of amides is 1. The number of pyridine rings is 1. The molecule has 0 saturated carbocycles. The number of nitrogens with zero attached hydrogens (tertiary/aromatic N) is 3. The van der Waals surface area contributed by atoms with Gasteiger partial charge in [0, 0.05) is 31.1 Å². The molecule has 7 heteroatoms. The molecule has 1 fully saturated rings. The van der Waals surface area contributed by atoms with Gasteiger partial charge in [0.05, 0.1) is 23.5 Å². The summed E-state index contributed by atoms with van der Waals surface area (Å²) >= 11 is 0. The van der Waals surface area contributed by atoms with Crippen LogP contribution in [0, 0.1) is 5.82 Å². The highest BCUT2D eigenvalue weighted by Gasteiger charge is 2.19. The molecule has 0 radical (unpaired) electrons. The molecule has 6 nitrogen and oxygen atoms in total. The molecule has 174 valence electrons. The number of anilines is 2. The van der Waals surface area contributed by atoms with Crippen LogP contribution >= 0.6 is 0 Å². The van der Waals surface area contributed by atoms with E-state index in [1.807, 2.05) is 60.9 Å². The van der Waals surface area contributed by atoms with Crippen molar-refractivity contribution in [1.82, 2.24) is 9.55 Å². The number of carbonyl (C=O) groups excluding carboxylic acids is 1. The predicted molar refractivity (Wildman–Crippen MR) is 132 cm³/mol. The van der Waals surface area contributed by atoms with Gasteiger partial charge in [-0.25, -0.2) is 9.37 Å². The van der Waals surface area contributed by atoms with E-state index in [0.717, 1.165) is 41.1 Å². The number of aromatic nitrogens is 2. The van der Waals surface area contributed by atoms with Crippen molar-refractivity contribution in [2.24, 2.45) is 0 Å². The van der Waals surface area contributed by atoms with Gasteiger partial charge >= 0.3 is 0 Å². The van der Waals surface area contributed by atoms with Crippen LogP contribution in [-0.2, 0) is 6.54 Å². The summed E-state index contributed by atoms with van der Waals surface area (Å²) in [6, 6.07) is 17.8. The number of halogens is 1. The van der Waals surface area contributed by atoms with Crippen LogP contribution in [-0.4, -0.2) is 34.7 Å². The van der Waals surface area contributed by atoms with E-state index in [4.69, 9.17) is 4.74 Å². The lowest BCUT2D eigenvalue weighted by atomic mass is 10.2. The Morgan fingerprint density at radius 3 is 2.65 bits per heavy atom. The third kappa shape index (κ3) is 4.59. The second kappa shape index (κ2) is 9.17. The van der Waals surface area contributed by atoms with Gasteiger partial charge in [0.2, 0.25) is 0 Å². The Morgan fingerprint density at radius 1 is 1.12 bits per heavy atom. The van der Waals surface area contributed by atoms with Gasteiger partial charge in [-0.3, -0.25) is 4.79 Å². The molecule has 2 aromatic heterocycles. The largest absolute Gasteiger partial charge is 0.491 e. The summed E-state index contributed by atoms with van der Waals surface area (Å²) in [7, 11) is 0. The van der Waals surface area contributed by atoms with Crippen molar-refractivity contribution in [1.29, 1.82) is 0 Å². The van der Waals surface area contributed by atoms with Crippen molar-refractivity contribution < 1.29 is 13.9 Å². The number of rotatable bonds is 7. The smallest absolute Gasteiger partial charge is 0.272 e. The predicted octanol–water partition coefficient (Wildman–Crippen LogP) is 5.47. The molecule has 0 bridgehead atoms. The van der Waals surface area contributed by atoms with E-state index in [1.165, 1.54) is 18.6 Å². The summed E-state index contributed by atoms with van der Waals surface area (Å²) in [4.78, 5) is 20.0. The van der Waals surface area contributed by atoms with E-state index in [1.54, 1.807) is 12.3 Å². The SMILES string of the molecule is CC(C)Oc1ccc2cc(C(=O)Nc3ccc(N4CCC4)nc3)n(Cc3cccc(F)c3)c2c1. The van der Waals surface area contributed by atoms with Crippen LogP contribution in [0.1, 0.15) is 36.3 Å². The van der Waals surface area contributed by atoms with E-state index < -0.39 is 0 Å². The molecule has 1 aliphatic heterocycles. The maximum Gasteiger partial charge on any atom is 0.272 e. The Balaban J connectivity index is 1.48. The normalized spacial score (nSPS) is 13.2. The highest BCUT2D eigenvalue weighted by atomic mass is 19.1. The first-order valence-corrected chi connectivity index (χ1v) is 11.5. The fourth-order valence-corrected chi connectivity index (χ4v) is 4.14. The minimum Gasteiger partial charge on any atom is -0.491 e. The van der Waals surface area contributed by atoms with Crippen molar-refractivity contribution in [3.63, 3.8) is 0 Å². The van der Waals surface area contributed by atoms with Crippen LogP contribution in [0.5, 0.6) is 5.75 Å². The highest BCUT2D eigenvalue weighted by Crippen LogP contribution is 2.27. The maximum absolute atomic E-state index is 13.9. The number of nitrogens with one attached hydrogen (secondary N) is 1. The van der Waals surface area contributed by atoms with Crippen molar-refractivity contribution in [2.75, 3.05) is 23.3 Å². The van der Waals surface area contributed by atoms with Gasteiger partial charge in [-0.15, -0.1) is 0 Å². The van der Waals surface area contributed by atoms with Gasteiger partial charge in [0.1, 0.15) is 23.1 Å². The lowest BCUT2D eigenvalue weighted by molar-refractivity contribution is 0.101. The Hall–Kier alpha value is -3.87. The van der Waals surface area contributed by atoms with Crippen LogP contribution in [0.15, 0.2) is 66.9 Å². The minimum absolute atomic E-state index is 0.0265. The quantitative estimate of drug-likeness (QED) is 0.399. The Kier molecular flexibility index (Phi) is 5.92. The molecule has 3 heterocycles. The number of fused-ring (bicyclic) bond motifs is 1. The zero-order chi connectivity index (χ0) is 23.7. The first-order valence-electron chi connectivity index (χ1n) is 11.5. The Morgan fingerprint density at radius 2 is 1.97 bits per heavy atom.